The summed E-state index contributed by atoms with van der Waals surface area (Å²) in [6.45, 7) is 0.293. The van der Waals surface area contributed by atoms with Gasteiger partial charge in [-0.1, -0.05) is 18.2 Å². The van der Waals surface area contributed by atoms with Crippen molar-refractivity contribution in [3.63, 3.8) is 0 Å². The van der Waals surface area contributed by atoms with E-state index >= 15 is 0 Å². The zero-order chi connectivity index (χ0) is 13.8. The molecule has 2 atom stereocenters. The van der Waals surface area contributed by atoms with Gasteiger partial charge in [0.25, 0.3) is 0 Å². The first-order valence-corrected chi connectivity index (χ1v) is 6.06. The predicted octanol–water partition coefficient (Wildman–Crippen LogP) is -0.485. The van der Waals surface area contributed by atoms with Crippen molar-refractivity contribution in [3.05, 3.63) is 29.8 Å². The van der Waals surface area contributed by atoms with Gasteiger partial charge in [-0.15, -0.1) is 0 Å². The number of aliphatic hydroxyl groups is 1. The normalized spacial score (nSPS) is 18.9. The number of aliphatic hydroxyl groups excluding tert-OH is 1. The lowest BCUT2D eigenvalue weighted by atomic mass is 9.92. The van der Waals surface area contributed by atoms with E-state index < -0.39 is 12.0 Å². The van der Waals surface area contributed by atoms with Crippen molar-refractivity contribution in [2.24, 2.45) is 5.73 Å². The quantitative estimate of drug-likeness (QED) is 0.683. The minimum absolute atomic E-state index is 0.173. The summed E-state index contributed by atoms with van der Waals surface area (Å²) in [6.07, 6.45) is -0.797. The van der Waals surface area contributed by atoms with Crippen LogP contribution in [-0.4, -0.2) is 36.2 Å². The fraction of sp³-hybridized carbons (Fsp3) is 0.385. The van der Waals surface area contributed by atoms with Crippen LogP contribution in [0.1, 0.15) is 17.9 Å². The van der Waals surface area contributed by atoms with Crippen LogP contribution in [0.15, 0.2) is 24.3 Å². The number of para-hydroxylation sites is 1. The van der Waals surface area contributed by atoms with Crippen LogP contribution in [0.3, 0.4) is 0 Å². The fourth-order valence-corrected chi connectivity index (χ4v) is 2.04. The van der Waals surface area contributed by atoms with Gasteiger partial charge in [-0.05, 0) is 12.5 Å². The van der Waals surface area contributed by atoms with E-state index in [1.165, 1.54) is 0 Å². The number of rotatable bonds is 4. The number of ether oxygens (including phenoxy) is 1. The highest BCUT2D eigenvalue weighted by Gasteiger charge is 2.27. The molecule has 0 aromatic heterocycles. The lowest BCUT2D eigenvalue weighted by molar-refractivity contribution is -0.127. The lowest BCUT2D eigenvalue weighted by Crippen LogP contribution is -2.42. The molecule has 2 rings (SSSR count). The smallest absolute Gasteiger partial charge is 0.248 e. The molecular weight excluding hydrogens is 248 g/mol. The van der Waals surface area contributed by atoms with Crippen molar-refractivity contribution < 1.29 is 19.4 Å². The first-order chi connectivity index (χ1) is 9.09. The van der Waals surface area contributed by atoms with Gasteiger partial charge in [0, 0.05) is 5.56 Å². The maximum absolute atomic E-state index is 12.1. The Morgan fingerprint density at radius 2 is 2.21 bits per heavy atom. The Labute approximate surface area is 110 Å². The van der Waals surface area contributed by atoms with Gasteiger partial charge in [0.05, 0.1) is 19.1 Å². The van der Waals surface area contributed by atoms with Gasteiger partial charge in [-0.3, -0.25) is 9.59 Å². The Kier molecular flexibility index (Phi) is 4.01. The van der Waals surface area contributed by atoms with Gasteiger partial charge in [0.15, 0.2) is 0 Å². The van der Waals surface area contributed by atoms with Crippen molar-refractivity contribution in [1.29, 1.82) is 0 Å². The molecule has 1 aliphatic heterocycles. The topological polar surface area (TPSA) is 102 Å². The fourth-order valence-electron chi connectivity index (χ4n) is 2.04. The highest BCUT2D eigenvalue weighted by atomic mass is 16.5. The molecule has 0 radical (unpaired) electrons. The molecule has 1 heterocycles. The summed E-state index contributed by atoms with van der Waals surface area (Å²) in [5.74, 6) is -0.724. The van der Waals surface area contributed by atoms with Gasteiger partial charge >= 0.3 is 0 Å². The maximum atomic E-state index is 12.1. The zero-order valence-corrected chi connectivity index (χ0v) is 10.3. The number of hydrogen-bond donors (Lipinski definition) is 3. The Hall–Kier alpha value is -2.08. The largest absolute Gasteiger partial charge is 0.493 e. The molecule has 0 bridgehead atoms. The van der Waals surface area contributed by atoms with E-state index in [4.69, 9.17) is 10.5 Å². The number of hydrogen-bond acceptors (Lipinski definition) is 4. The number of fused-ring (bicyclic) bond motifs is 1. The van der Waals surface area contributed by atoms with Crippen LogP contribution in [0.2, 0.25) is 0 Å². The minimum atomic E-state index is -1.36. The van der Waals surface area contributed by atoms with E-state index in [0.29, 0.717) is 18.8 Å². The van der Waals surface area contributed by atoms with Crippen molar-refractivity contribution >= 4 is 11.8 Å². The SMILES string of the molecule is NC(=O)C(O)CNC(=O)C1CCOc2ccccc21. The summed E-state index contributed by atoms with van der Waals surface area (Å²) in [5, 5.41) is 11.8. The summed E-state index contributed by atoms with van der Waals surface area (Å²) in [7, 11) is 0. The maximum Gasteiger partial charge on any atom is 0.248 e. The van der Waals surface area contributed by atoms with Crippen LogP contribution in [0, 0.1) is 0 Å². The molecule has 0 saturated carbocycles. The predicted molar refractivity (Wildman–Crippen MR) is 67.5 cm³/mol. The van der Waals surface area contributed by atoms with Gasteiger partial charge in [0.1, 0.15) is 11.9 Å². The van der Waals surface area contributed by atoms with Crippen LogP contribution in [-0.2, 0) is 9.59 Å². The number of nitrogens with one attached hydrogen (secondary N) is 1. The minimum Gasteiger partial charge on any atom is -0.493 e. The molecule has 0 fully saturated rings. The molecule has 2 amide bonds. The van der Waals surface area contributed by atoms with E-state index in [9.17, 15) is 14.7 Å². The average molecular weight is 264 g/mol. The third-order valence-corrected chi connectivity index (χ3v) is 3.07. The number of benzene rings is 1. The molecule has 0 aliphatic carbocycles. The van der Waals surface area contributed by atoms with Crippen molar-refractivity contribution in [2.75, 3.05) is 13.2 Å². The van der Waals surface area contributed by atoms with Crippen molar-refractivity contribution in [3.8, 4) is 5.75 Å². The first-order valence-electron chi connectivity index (χ1n) is 6.06. The Balaban J connectivity index is 2.03. The summed E-state index contributed by atoms with van der Waals surface area (Å²) in [6, 6.07) is 7.33. The Morgan fingerprint density at radius 3 is 2.95 bits per heavy atom. The van der Waals surface area contributed by atoms with Crippen LogP contribution in [0.25, 0.3) is 0 Å². The molecule has 4 N–H and O–H groups in total. The standard InChI is InChI=1S/C13H16N2O4/c14-12(17)10(16)7-15-13(18)9-5-6-19-11-4-2-1-3-8(9)11/h1-4,9-10,16H,5-7H2,(H2,14,17)(H,15,18). The van der Waals surface area contributed by atoms with Crippen LogP contribution >= 0.6 is 0 Å². The molecule has 6 heteroatoms. The van der Waals surface area contributed by atoms with Crippen LogP contribution < -0.4 is 15.8 Å². The second-order valence-corrected chi connectivity index (χ2v) is 4.39. The van der Waals surface area contributed by atoms with E-state index in [1.807, 2.05) is 24.3 Å². The van der Waals surface area contributed by atoms with Crippen molar-refractivity contribution in [1.82, 2.24) is 5.32 Å². The van der Waals surface area contributed by atoms with Crippen LogP contribution in [0.5, 0.6) is 5.75 Å². The molecular formula is C13H16N2O4. The van der Waals surface area contributed by atoms with Crippen molar-refractivity contribution in [2.45, 2.75) is 18.4 Å². The summed E-state index contributed by atoms with van der Waals surface area (Å²) >= 11 is 0. The molecule has 0 saturated heterocycles. The summed E-state index contributed by atoms with van der Waals surface area (Å²) in [4.78, 5) is 22.7. The Bertz CT molecular complexity index is 489. The average Bonchev–Trinajstić information content (AvgIpc) is 2.43. The van der Waals surface area contributed by atoms with Crippen LogP contribution in [0.4, 0.5) is 0 Å². The summed E-state index contributed by atoms with van der Waals surface area (Å²) < 4.78 is 5.46. The van der Waals surface area contributed by atoms with E-state index in [1.54, 1.807) is 0 Å². The van der Waals surface area contributed by atoms with Gasteiger partial charge < -0.3 is 20.9 Å². The van der Waals surface area contributed by atoms with Gasteiger partial charge in [-0.25, -0.2) is 0 Å². The van der Waals surface area contributed by atoms with E-state index in [2.05, 4.69) is 5.32 Å². The number of nitrogens with two attached hydrogens (primary N) is 1. The third kappa shape index (κ3) is 3.03. The number of carbonyl (C=O) groups is 2. The molecule has 1 aliphatic rings. The molecule has 0 spiro atoms. The lowest BCUT2D eigenvalue weighted by Gasteiger charge is -2.25. The molecule has 6 nitrogen and oxygen atoms in total. The van der Waals surface area contributed by atoms with E-state index in [0.717, 1.165) is 5.56 Å². The second-order valence-electron chi connectivity index (χ2n) is 4.39. The van der Waals surface area contributed by atoms with Gasteiger partial charge in [0.2, 0.25) is 11.8 Å². The molecule has 1 aromatic carbocycles. The molecule has 102 valence electrons. The number of primary amides is 1. The number of carbonyl (C=O) groups excluding carboxylic acids is 2. The molecule has 2 unspecified atom stereocenters. The Morgan fingerprint density at radius 1 is 1.47 bits per heavy atom. The third-order valence-electron chi connectivity index (χ3n) is 3.07. The second kappa shape index (κ2) is 5.71. The monoisotopic (exact) mass is 264 g/mol. The highest BCUT2D eigenvalue weighted by Crippen LogP contribution is 2.33. The first kappa shape index (κ1) is 13.4. The number of amides is 2. The molecule has 1 aromatic rings. The van der Waals surface area contributed by atoms with E-state index in [-0.39, 0.29) is 18.4 Å². The molecule has 19 heavy (non-hydrogen) atoms. The highest BCUT2D eigenvalue weighted by molar-refractivity contribution is 5.86. The zero-order valence-electron chi connectivity index (χ0n) is 10.3. The van der Waals surface area contributed by atoms with Gasteiger partial charge in [-0.2, -0.15) is 0 Å². The summed E-state index contributed by atoms with van der Waals surface area (Å²) in [5.41, 5.74) is 5.74.